The molecule has 0 bridgehead atoms. The van der Waals surface area contributed by atoms with Crippen LogP contribution in [0, 0.1) is 0 Å². The minimum Gasteiger partial charge on any atom is -0.478 e. The predicted octanol–water partition coefficient (Wildman–Crippen LogP) is 4.62. The van der Waals surface area contributed by atoms with Gasteiger partial charge in [0, 0.05) is 10.0 Å². The highest BCUT2D eigenvalue weighted by molar-refractivity contribution is 6.31. The molecule has 0 spiro atoms. The van der Waals surface area contributed by atoms with E-state index < -0.39 is 5.97 Å². The number of carboxylic acid groups (broad SMARTS) is 1. The topological polar surface area (TPSA) is 37.3 Å². The van der Waals surface area contributed by atoms with Crippen LogP contribution in [0.5, 0.6) is 0 Å². The van der Waals surface area contributed by atoms with E-state index in [9.17, 15) is 9.90 Å². The van der Waals surface area contributed by atoms with Crippen LogP contribution in [0.1, 0.15) is 11.1 Å². The van der Waals surface area contributed by atoms with Crippen molar-refractivity contribution in [3.05, 3.63) is 69.7 Å². The Labute approximate surface area is 120 Å². The fraction of sp³-hybridized carbons (Fsp3) is 0. The lowest BCUT2D eigenvalue weighted by molar-refractivity contribution is -0.130. The molecule has 0 aliphatic carbocycles. The summed E-state index contributed by atoms with van der Waals surface area (Å²) in [5, 5.41) is 10.4. The average molecular weight is 293 g/mol. The summed E-state index contributed by atoms with van der Waals surface area (Å²) < 4.78 is 0. The Balaban J connectivity index is 2.46. The van der Waals surface area contributed by atoms with Gasteiger partial charge in [0.05, 0.1) is 5.57 Å². The fourth-order valence-corrected chi connectivity index (χ4v) is 1.99. The molecule has 96 valence electrons. The third-order valence-electron chi connectivity index (χ3n) is 2.55. The number of hydrogen-bond donors (Lipinski definition) is 1. The Bertz CT molecular complexity index is 631. The second kappa shape index (κ2) is 5.91. The van der Waals surface area contributed by atoms with Crippen LogP contribution in [0.2, 0.25) is 10.0 Å². The maximum Gasteiger partial charge on any atom is 0.336 e. The van der Waals surface area contributed by atoms with Crippen LogP contribution < -0.4 is 0 Å². The van der Waals surface area contributed by atoms with Crippen molar-refractivity contribution in [1.82, 2.24) is 0 Å². The quantitative estimate of drug-likeness (QED) is 0.662. The molecule has 4 heteroatoms. The second-order valence-electron chi connectivity index (χ2n) is 3.93. The van der Waals surface area contributed by atoms with Crippen molar-refractivity contribution >= 4 is 40.8 Å². The molecule has 0 radical (unpaired) electrons. The zero-order chi connectivity index (χ0) is 13.8. The van der Waals surface area contributed by atoms with Gasteiger partial charge in [-0.2, -0.15) is 0 Å². The summed E-state index contributed by atoms with van der Waals surface area (Å²) in [6, 6.07) is 13.7. The van der Waals surface area contributed by atoms with Crippen LogP contribution in [0.4, 0.5) is 0 Å². The lowest BCUT2D eigenvalue weighted by atomic mass is 10.0. The Hall–Kier alpha value is -1.77. The first-order valence-electron chi connectivity index (χ1n) is 5.53. The van der Waals surface area contributed by atoms with E-state index in [1.165, 1.54) is 0 Å². The number of halogens is 2. The van der Waals surface area contributed by atoms with Crippen molar-refractivity contribution in [3.63, 3.8) is 0 Å². The SMILES string of the molecule is O=C(O)/C(=C\c1cccc(Cl)c1)c1ccc(Cl)cc1. The molecule has 2 rings (SSSR count). The summed E-state index contributed by atoms with van der Waals surface area (Å²) in [6.45, 7) is 0. The number of hydrogen-bond acceptors (Lipinski definition) is 1. The summed E-state index contributed by atoms with van der Waals surface area (Å²) in [5.74, 6) is -0.998. The van der Waals surface area contributed by atoms with Crippen molar-refractivity contribution in [3.8, 4) is 0 Å². The lowest BCUT2D eigenvalue weighted by Crippen LogP contribution is -1.99. The van der Waals surface area contributed by atoms with Gasteiger partial charge in [-0.05, 0) is 41.5 Å². The summed E-state index contributed by atoms with van der Waals surface area (Å²) in [6.07, 6.45) is 1.58. The maximum atomic E-state index is 11.3. The molecule has 0 unspecified atom stereocenters. The minimum atomic E-state index is -0.998. The summed E-state index contributed by atoms with van der Waals surface area (Å²) in [4.78, 5) is 11.3. The van der Waals surface area contributed by atoms with Gasteiger partial charge in [0.15, 0.2) is 0 Å². The van der Waals surface area contributed by atoms with E-state index in [4.69, 9.17) is 23.2 Å². The Kier molecular flexibility index (Phi) is 4.25. The molecule has 0 saturated carbocycles. The van der Waals surface area contributed by atoms with Crippen LogP contribution in [0.15, 0.2) is 48.5 Å². The molecule has 0 amide bonds. The van der Waals surface area contributed by atoms with E-state index >= 15 is 0 Å². The zero-order valence-corrected chi connectivity index (χ0v) is 11.3. The summed E-state index contributed by atoms with van der Waals surface area (Å²) in [7, 11) is 0. The first-order valence-corrected chi connectivity index (χ1v) is 6.28. The van der Waals surface area contributed by atoms with Crippen LogP contribution in [-0.4, -0.2) is 11.1 Å². The molecule has 0 aliphatic rings. The van der Waals surface area contributed by atoms with Crippen LogP contribution >= 0.6 is 23.2 Å². The van der Waals surface area contributed by atoms with Crippen molar-refractivity contribution in [2.45, 2.75) is 0 Å². The molecule has 0 aromatic heterocycles. The first-order chi connectivity index (χ1) is 9.06. The highest BCUT2D eigenvalue weighted by Gasteiger charge is 2.10. The highest BCUT2D eigenvalue weighted by atomic mass is 35.5. The summed E-state index contributed by atoms with van der Waals surface area (Å²) in [5.41, 5.74) is 1.52. The molecule has 2 nitrogen and oxygen atoms in total. The van der Waals surface area contributed by atoms with E-state index in [0.29, 0.717) is 15.6 Å². The van der Waals surface area contributed by atoms with Crippen LogP contribution in [0.3, 0.4) is 0 Å². The number of rotatable bonds is 3. The highest BCUT2D eigenvalue weighted by Crippen LogP contribution is 2.22. The molecule has 1 N–H and O–H groups in total. The van der Waals surface area contributed by atoms with E-state index in [0.717, 1.165) is 5.56 Å². The van der Waals surface area contributed by atoms with E-state index in [2.05, 4.69) is 0 Å². The van der Waals surface area contributed by atoms with Gasteiger partial charge in [-0.15, -0.1) is 0 Å². The van der Waals surface area contributed by atoms with Crippen molar-refractivity contribution < 1.29 is 9.90 Å². The summed E-state index contributed by atoms with van der Waals surface area (Å²) >= 11 is 11.7. The van der Waals surface area contributed by atoms with Gasteiger partial charge in [0.1, 0.15) is 0 Å². The van der Waals surface area contributed by atoms with Gasteiger partial charge < -0.3 is 5.11 Å². The smallest absolute Gasteiger partial charge is 0.336 e. The molecule has 0 saturated heterocycles. The molecule has 2 aromatic rings. The van der Waals surface area contributed by atoms with E-state index in [1.54, 1.807) is 54.6 Å². The first kappa shape index (κ1) is 13.7. The van der Waals surface area contributed by atoms with Crippen molar-refractivity contribution in [1.29, 1.82) is 0 Å². The van der Waals surface area contributed by atoms with Gasteiger partial charge in [0.25, 0.3) is 0 Å². The van der Waals surface area contributed by atoms with E-state index in [-0.39, 0.29) is 5.57 Å². The van der Waals surface area contributed by atoms with Crippen molar-refractivity contribution in [2.24, 2.45) is 0 Å². The average Bonchev–Trinajstić information content (AvgIpc) is 2.37. The van der Waals surface area contributed by atoms with Gasteiger partial charge in [0.2, 0.25) is 0 Å². The fourth-order valence-electron chi connectivity index (χ4n) is 1.66. The van der Waals surface area contributed by atoms with Crippen LogP contribution in [0.25, 0.3) is 11.6 Å². The third-order valence-corrected chi connectivity index (χ3v) is 3.03. The van der Waals surface area contributed by atoms with Gasteiger partial charge in [-0.1, -0.05) is 47.5 Å². The number of carboxylic acids is 1. The second-order valence-corrected chi connectivity index (χ2v) is 4.80. The third kappa shape index (κ3) is 3.60. The standard InChI is InChI=1S/C15H10Cl2O2/c16-12-6-4-11(5-7-12)14(15(18)19)9-10-2-1-3-13(17)8-10/h1-9H,(H,18,19)/b14-9-. The van der Waals surface area contributed by atoms with Gasteiger partial charge >= 0.3 is 5.97 Å². The van der Waals surface area contributed by atoms with Crippen LogP contribution in [-0.2, 0) is 4.79 Å². The van der Waals surface area contributed by atoms with Gasteiger partial charge in [-0.3, -0.25) is 0 Å². The Morgan fingerprint density at radius 1 is 1.00 bits per heavy atom. The zero-order valence-electron chi connectivity index (χ0n) is 9.81. The lowest BCUT2D eigenvalue weighted by Gasteiger charge is -2.04. The predicted molar refractivity (Wildman–Crippen MR) is 78.4 cm³/mol. The molecule has 2 aromatic carbocycles. The van der Waals surface area contributed by atoms with E-state index in [1.807, 2.05) is 0 Å². The molecule has 0 heterocycles. The molecule has 0 fully saturated rings. The van der Waals surface area contributed by atoms with Gasteiger partial charge in [-0.25, -0.2) is 4.79 Å². The minimum absolute atomic E-state index is 0.193. The number of aliphatic carboxylic acids is 1. The molecule has 0 aliphatic heterocycles. The normalized spacial score (nSPS) is 11.4. The number of benzene rings is 2. The monoisotopic (exact) mass is 292 g/mol. The number of carbonyl (C=O) groups is 1. The largest absolute Gasteiger partial charge is 0.478 e. The van der Waals surface area contributed by atoms with Crippen molar-refractivity contribution in [2.75, 3.05) is 0 Å². The molecular weight excluding hydrogens is 283 g/mol. The molecular formula is C15H10Cl2O2. The molecule has 19 heavy (non-hydrogen) atoms. The Morgan fingerprint density at radius 3 is 2.26 bits per heavy atom. The Morgan fingerprint density at radius 2 is 1.68 bits per heavy atom. The molecule has 0 atom stereocenters. The maximum absolute atomic E-state index is 11.3.